The molecule has 8 aromatic carbocycles. The van der Waals surface area contributed by atoms with Crippen LogP contribution in [0.3, 0.4) is 0 Å². The van der Waals surface area contributed by atoms with Crippen LogP contribution in [-0.2, 0) is 0 Å². The fourth-order valence-corrected chi connectivity index (χ4v) is 10.8. The standard InChI is InChI=1S/C50H27N3S2/c51-28-33-11-8-12-34(29-52)48(33)32-10-7-9-30(25-32)36-21-20-35(27-42(36)31-19-24-47-43(26-31)39-15-3-5-17-45(39)54-47)53-44-16-4-1-13-37(44)40-22-23-41-38-14-2-6-18-46(38)55-50(41)49(40)53/h1-27H. The first kappa shape index (κ1) is 31.5. The number of fused-ring (bicyclic) bond motifs is 10. The molecule has 0 saturated carbocycles. The minimum Gasteiger partial charge on any atom is -0.308 e. The molecule has 0 spiro atoms. The van der Waals surface area contributed by atoms with Crippen LogP contribution < -0.4 is 0 Å². The van der Waals surface area contributed by atoms with Crippen LogP contribution in [0.4, 0.5) is 0 Å². The molecule has 0 unspecified atom stereocenters. The lowest BCUT2D eigenvalue weighted by Gasteiger charge is -2.16. The zero-order valence-electron chi connectivity index (χ0n) is 29.2. The lowest BCUT2D eigenvalue weighted by atomic mass is 9.89. The van der Waals surface area contributed by atoms with E-state index in [2.05, 4.69) is 150 Å². The zero-order chi connectivity index (χ0) is 36.6. The minimum absolute atomic E-state index is 0.487. The smallest absolute Gasteiger partial charge is 0.0998 e. The van der Waals surface area contributed by atoms with Crippen LogP contribution >= 0.6 is 22.7 Å². The summed E-state index contributed by atoms with van der Waals surface area (Å²) in [5.74, 6) is 0. The van der Waals surface area contributed by atoms with Crippen molar-refractivity contribution >= 4 is 84.8 Å². The molecule has 0 aliphatic rings. The van der Waals surface area contributed by atoms with Gasteiger partial charge in [0.2, 0.25) is 0 Å². The van der Waals surface area contributed by atoms with Gasteiger partial charge in [-0.1, -0.05) is 103 Å². The number of aromatic nitrogens is 1. The molecule has 0 bridgehead atoms. The van der Waals surface area contributed by atoms with Gasteiger partial charge < -0.3 is 4.57 Å². The summed E-state index contributed by atoms with van der Waals surface area (Å²) in [6, 6.07) is 62.5. The van der Waals surface area contributed by atoms with Crippen LogP contribution in [0.25, 0.3) is 101 Å². The third-order valence-corrected chi connectivity index (χ3v) is 13.2. The van der Waals surface area contributed by atoms with Gasteiger partial charge in [0.1, 0.15) is 0 Å². The fraction of sp³-hybridized carbons (Fsp3) is 0. The summed E-state index contributed by atoms with van der Waals surface area (Å²) in [5, 5.41) is 27.6. The van der Waals surface area contributed by atoms with E-state index in [1.54, 1.807) is 18.2 Å². The van der Waals surface area contributed by atoms with Crippen molar-refractivity contribution in [2.24, 2.45) is 0 Å². The number of hydrogen-bond donors (Lipinski definition) is 0. The lowest BCUT2D eigenvalue weighted by Crippen LogP contribution is -1.96. The highest BCUT2D eigenvalue weighted by atomic mass is 32.1. The van der Waals surface area contributed by atoms with Gasteiger partial charge in [-0.3, -0.25) is 0 Å². The Morgan fingerprint density at radius 2 is 1.05 bits per heavy atom. The van der Waals surface area contributed by atoms with Crippen molar-refractivity contribution in [3.05, 3.63) is 175 Å². The molecule has 5 heteroatoms. The van der Waals surface area contributed by atoms with E-state index in [1.165, 1.54) is 62.2 Å². The quantitative estimate of drug-likeness (QED) is 0.181. The molecular weight excluding hydrogens is 707 g/mol. The largest absolute Gasteiger partial charge is 0.308 e. The third-order valence-electron chi connectivity index (χ3n) is 10.9. The van der Waals surface area contributed by atoms with Crippen molar-refractivity contribution in [2.75, 3.05) is 0 Å². The monoisotopic (exact) mass is 733 g/mol. The van der Waals surface area contributed by atoms with Gasteiger partial charge in [0, 0.05) is 57.7 Å². The molecular formula is C50H27N3S2. The Bertz CT molecular complexity index is 3440. The van der Waals surface area contributed by atoms with E-state index in [0.717, 1.165) is 33.5 Å². The Labute approximate surface area is 324 Å². The summed E-state index contributed by atoms with van der Waals surface area (Å²) >= 11 is 3.68. The van der Waals surface area contributed by atoms with Gasteiger partial charge >= 0.3 is 0 Å². The average Bonchev–Trinajstić information content (AvgIpc) is 3.92. The van der Waals surface area contributed by atoms with E-state index in [1.807, 2.05) is 34.8 Å². The van der Waals surface area contributed by atoms with Crippen LogP contribution in [0.1, 0.15) is 11.1 Å². The van der Waals surface area contributed by atoms with E-state index in [9.17, 15) is 10.5 Å². The Hall–Kier alpha value is -7.02. The molecule has 0 saturated heterocycles. The van der Waals surface area contributed by atoms with Crippen LogP contribution in [0.5, 0.6) is 0 Å². The molecule has 3 nitrogen and oxygen atoms in total. The summed E-state index contributed by atoms with van der Waals surface area (Å²) in [5.41, 5.74) is 10.3. The highest BCUT2D eigenvalue weighted by Gasteiger charge is 2.20. The molecule has 3 aromatic heterocycles. The number of hydrogen-bond acceptors (Lipinski definition) is 4. The molecule has 0 radical (unpaired) electrons. The van der Waals surface area contributed by atoms with Crippen molar-refractivity contribution in [2.45, 2.75) is 0 Å². The predicted octanol–water partition coefficient (Wildman–Crippen LogP) is 14.3. The highest BCUT2D eigenvalue weighted by Crippen LogP contribution is 2.45. The van der Waals surface area contributed by atoms with Gasteiger partial charge in [-0.25, -0.2) is 0 Å². The second kappa shape index (κ2) is 12.3. The van der Waals surface area contributed by atoms with Crippen LogP contribution in [0, 0.1) is 22.7 Å². The summed E-state index contributed by atoms with van der Waals surface area (Å²) in [7, 11) is 0. The third kappa shape index (κ3) is 4.78. The predicted molar refractivity (Wildman–Crippen MR) is 232 cm³/mol. The molecule has 0 N–H and O–H groups in total. The lowest BCUT2D eigenvalue weighted by molar-refractivity contribution is 1.19. The Balaban J connectivity index is 1.21. The average molecular weight is 734 g/mol. The van der Waals surface area contributed by atoms with Gasteiger partial charge in [-0.15, -0.1) is 22.7 Å². The topological polar surface area (TPSA) is 52.5 Å². The summed E-state index contributed by atoms with van der Waals surface area (Å²) in [6.45, 7) is 0. The zero-order valence-corrected chi connectivity index (χ0v) is 30.9. The van der Waals surface area contributed by atoms with Crippen molar-refractivity contribution in [3.8, 4) is 51.2 Å². The maximum Gasteiger partial charge on any atom is 0.0998 e. The molecule has 11 aromatic rings. The van der Waals surface area contributed by atoms with E-state index in [4.69, 9.17) is 0 Å². The van der Waals surface area contributed by atoms with Gasteiger partial charge in [0.25, 0.3) is 0 Å². The number of benzene rings is 8. The number of para-hydroxylation sites is 1. The first-order chi connectivity index (χ1) is 27.2. The SMILES string of the molecule is N#Cc1cccc(C#N)c1-c1cccc(-c2ccc(-n3c4ccccc4c4ccc5c6ccccc6sc5c43)cc2-c2ccc3sc4ccccc4c3c2)c1. The van der Waals surface area contributed by atoms with Gasteiger partial charge in [0.05, 0.1) is 39.0 Å². The van der Waals surface area contributed by atoms with Crippen molar-refractivity contribution in [1.29, 1.82) is 10.5 Å². The highest BCUT2D eigenvalue weighted by molar-refractivity contribution is 7.26. The first-order valence-corrected chi connectivity index (χ1v) is 19.8. The van der Waals surface area contributed by atoms with Gasteiger partial charge in [-0.05, 0) is 88.5 Å². The van der Waals surface area contributed by atoms with E-state index in [0.29, 0.717) is 16.7 Å². The molecule has 254 valence electrons. The van der Waals surface area contributed by atoms with Crippen LogP contribution in [-0.4, -0.2) is 4.57 Å². The number of nitriles is 2. The molecule has 0 aliphatic carbocycles. The molecule has 11 rings (SSSR count). The summed E-state index contributed by atoms with van der Waals surface area (Å²) in [6.07, 6.45) is 0. The van der Waals surface area contributed by atoms with E-state index in [-0.39, 0.29) is 0 Å². The first-order valence-electron chi connectivity index (χ1n) is 18.1. The summed E-state index contributed by atoms with van der Waals surface area (Å²) in [4.78, 5) is 0. The van der Waals surface area contributed by atoms with E-state index >= 15 is 0 Å². The van der Waals surface area contributed by atoms with Crippen molar-refractivity contribution in [1.82, 2.24) is 4.57 Å². The molecule has 0 amide bonds. The van der Waals surface area contributed by atoms with Gasteiger partial charge in [0.15, 0.2) is 0 Å². The van der Waals surface area contributed by atoms with Crippen molar-refractivity contribution < 1.29 is 0 Å². The molecule has 55 heavy (non-hydrogen) atoms. The minimum atomic E-state index is 0.487. The van der Waals surface area contributed by atoms with E-state index < -0.39 is 0 Å². The Morgan fingerprint density at radius 1 is 0.418 bits per heavy atom. The maximum atomic E-state index is 10.0. The number of thiophene rings is 2. The molecule has 0 fully saturated rings. The van der Waals surface area contributed by atoms with Gasteiger partial charge in [-0.2, -0.15) is 10.5 Å². The normalized spacial score (nSPS) is 11.6. The Kier molecular flexibility index (Phi) is 7.03. The second-order valence-corrected chi connectivity index (χ2v) is 16.0. The van der Waals surface area contributed by atoms with Crippen LogP contribution in [0.15, 0.2) is 164 Å². The fourth-order valence-electron chi connectivity index (χ4n) is 8.45. The number of nitrogens with zero attached hydrogens (tertiary/aromatic N) is 3. The maximum absolute atomic E-state index is 10.0. The molecule has 0 aliphatic heterocycles. The molecule has 3 heterocycles. The Morgan fingerprint density at radius 3 is 1.85 bits per heavy atom. The van der Waals surface area contributed by atoms with Crippen molar-refractivity contribution in [3.63, 3.8) is 0 Å². The number of rotatable bonds is 4. The summed E-state index contributed by atoms with van der Waals surface area (Å²) < 4.78 is 7.55. The molecule has 0 atom stereocenters. The second-order valence-electron chi connectivity index (χ2n) is 13.9. The van der Waals surface area contributed by atoms with Crippen LogP contribution in [0.2, 0.25) is 0 Å².